The monoisotopic (exact) mass is 438 g/mol. The Morgan fingerprint density at radius 3 is 2.38 bits per heavy atom. The van der Waals surface area contributed by atoms with Crippen LogP contribution in [-0.4, -0.2) is 47.5 Å². The number of amides is 4. The van der Waals surface area contributed by atoms with E-state index in [9.17, 15) is 19.2 Å². The molecule has 9 nitrogen and oxygen atoms in total. The predicted octanol–water partition coefficient (Wildman–Crippen LogP) is 1.99. The van der Waals surface area contributed by atoms with Crippen LogP contribution in [0.2, 0.25) is 0 Å². The summed E-state index contributed by atoms with van der Waals surface area (Å²) < 4.78 is 0. The minimum absolute atomic E-state index is 0.159. The zero-order chi connectivity index (χ0) is 23.3. The van der Waals surface area contributed by atoms with E-state index in [1.807, 2.05) is 44.2 Å². The van der Waals surface area contributed by atoms with Crippen LogP contribution in [0.15, 0.2) is 54.6 Å². The van der Waals surface area contributed by atoms with Crippen molar-refractivity contribution in [1.82, 2.24) is 10.6 Å². The summed E-state index contributed by atoms with van der Waals surface area (Å²) in [4.78, 5) is 51.1. The van der Waals surface area contributed by atoms with Crippen molar-refractivity contribution in [1.29, 1.82) is 0 Å². The molecule has 0 fully saturated rings. The fourth-order valence-corrected chi connectivity index (χ4v) is 3.66. The molecule has 0 bridgehead atoms. The molecule has 1 aliphatic heterocycles. The third-order valence-electron chi connectivity index (χ3n) is 5.13. The number of benzene rings is 2. The molecule has 2 aromatic rings. The number of carbonyl (C=O) groups excluding carboxylic acids is 3. The Kier molecular flexibility index (Phi) is 7.09. The quantitative estimate of drug-likeness (QED) is 0.526. The van der Waals surface area contributed by atoms with E-state index in [1.165, 1.54) is 4.90 Å². The molecule has 0 aliphatic carbocycles. The highest BCUT2D eigenvalue weighted by Gasteiger charge is 2.39. The molecular weight excluding hydrogens is 412 g/mol. The number of nitrogens with zero attached hydrogens (tertiary/aromatic N) is 1. The van der Waals surface area contributed by atoms with Crippen LogP contribution in [0.5, 0.6) is 0 Å². The van der Waals surface area contributed by atoms with Crippen molar-refractivity contribution in [3.63, 3.8) is 0 Å². The smallest absolute Gasteiger partial charge is 0.323 e. The summed E-state index contributed by atoms with van der Waals surface area (Å²) in [6, 6.07) is 13.6. The first-order valence-corrected chi connectivity index (χ1v) is 10.3. The molecule has 2 atom stereocenters. The number of nitrogens with one attached hydrogen (secondary N) is 3. The lowest BCUT2D eigenvalue weighted by Crippen LogP contribution is -2.60. The number of anilines is 2. The van der Waals surface area contributed by atoms with Crippen LogP contribution in [0, 0.1) is 5.92 Å². The first-order valence-electron chi connectivity index (χ1n) is 10.3. The number of carboxylic acids is 1. The van der Waals surface area contributed by atoms with Crippen LogP contribution >= 0.6 is 0 Å². The maximum Gasteiger partial charge on any atom is 0.323 e. The van der Waals surface area contributed by atoms with Gasteiger partial charge < -0.3 is 21.1 Å². The van der Waals surface area contributed by atoms with E-state index < -0.39 is 36.5 Å². The molecule has 1 heterocycles. The molecule has 0 spiro atoms. The second-order valence-corrected chi connectivity index (χ2v) is 7.87. The molecule has 168 valence electrons. The van der Waals surface area contributed by atoms with Gasteiger partial charge in [-0.1, -0.05) is 56.3 Å². The number of carbonyl (C=O) groups is 4. The van der Waals surface area contributed by atoms with Crippen LogP contribution in [0.1, 0.15) is 19.4 Å². The topological polar surface area (TPSA) is 128 Å². The number of carboxylic acid groups (broad SMARTS) is 1. The van der Waals surface area contributed by atoms with Gasteiger partial charge in [-0.3, -0.25) is 19.3 Å². The second kappa shape index (κ2) is 9.95. The van der Waals surface area contributed by atoms with Gasteiger partial charge in [0, 0.05) is 6.42 Å². The minimum Gasteiger partial charge on any atom is -0.480 e. The summed E-state index contributed by atoms with van der Waals surface area (Å²) in [5.74, 6) is -2.32. The van der Waals surface area contributed by atoms with E-state index in [4.69, 9.17) is 5.11 Å². The van der Waals surface area contributed by atoms with E-state index in [0.717, 1.165) is 5.56 Å². The summed E-state index contributed by atoms with van der Waals surface area (Å²) in [6.45, 7) is 3.10. The molecule has 0 saturated heterocycles. The van der Waals surface area contributed by atoms with E-state index in [1.54, 1.807) is 24.3 Å². The molecule has 0 aromatic heterocycles. The van der Waals surface area contributed by atoms with Crippen molar-refractivity contribution >= 4 is 35.2 Å². The molecule has 2 aromatic carbocycles. The Labute approximate surface area is 185 Å². The lowest BCUT2D eigenvalue weighted by Gasteiger charge is -2.39. The minimum atomic E-state index is -1.19. The third kappa shape index (κ3) is 5.23. The maximum atomic E-state index is 13.4. The molecule has 4 amide bonds. The number of hydrogen-bond donors (Lipinski definition) is 4. The van der Waals surface area contributed by atoms with Gasteiger partial charge in [-0.2, -0.15) is 0 Å². The van der Waals surface area contributed by atoms with Gasteiger partial charge in [-0.05, 0) is 23.6 Å². The Morgan fingerprint density at radius 1 is 1.06 bits per heavy atom. The van der Waals surface area contributed by atoms with Gasteiger partial charge in [-0.15, -0.1) is 0 Å². The predicted molar refractivity (Wildman–Crippen MR) is 119 cm³/mol. The van der Waals surface area contributed by atoms with E-state index in [-0.39, 0.29) is 18.2 Å². The number of fused-ring (bicyclic) bond motifs is 1. The van der Waals surface area contributed by atoms with Crippen molar-refractivity contribution in [2.45, 2.75) is 32.4 Å². The Balaban J connectivity index is 1.90. The molecule has 32 heavy (non-hydrogen) atoms. The lowest BCUT2D eigenvalue weighted by molar-refractivity contribution is -0.138. The number of aliphatic carboxylic acids is 1. The second-order valence-electron chi connectivity index (χ2n) is 7.87. The molecule has 0 unspecified atom stereocenters. The van der Waals surface area contributed by atoms with Crippen molar-refractivity contribution in [2.24, 2.45) is 5.92 Å². The van der Waals surface area contributed by atoms with Crippen LogP contribution < -0.4 is 20.9 Å². The van der Waals surface area contributed by atoms with Gasteiger partial charge in [0.1, 0.15) is 18.6 Å². The van der Waals surface area contributed by atoms with Gasteiger partial charge in [-0.25, -0.2) is 4.79 Å². The van der Waals surface area contributed by atoms with E-state index >= 15 is 0 Å². The average molecular weight is 438 g/mol. The molecule has 9 heteroatoms. The van der Waals surface area contributed by atoms with Gasteiger partial charge in [0.15, 0.2) is 0 Å². The lowest BCUT2D eigenvalue weighted by atomic mass is 9.98. The Hall–Kier alpha value is -3.88. The summed E-state index contributed by atoms with van der Waals surface area (Å²) in [7, 11) is 0. The van der Waals surface area contributed by atoms with Crippen LogP contribution in [-0.2, 0) is 20.8 Å². The summed E-state index contributed by atoms with van der Waals surface area (Å²) >= 11 is 0. The number of hydrogen-bond acceptors (Lipinski definition) is 4. The maximum absolute atomic E-state index is 13.4. The third-order valence-corrected chi connectivity index (χ3v) is 5.13. The summed E-state index contributed by atoms with van der Waals surface area (Å²) in [5, 5.41) is 16.7. The first kappa shape index (κ1) is 22.8. The van der Waals surface area contributed by atoms with Crippen LogP contribution in [0.25, 0.3) is 0 Å². The van der Waals surface area contributed by atoms with Crippen molar-refractivity contribution in [2.75, 3.05) is 16.8 Å². The van der Waals surface area contributed by atoms with E-state index in [0.29, 0.717) is 11.4 Å². The van der Waals surface area contributed by atoms with E-state index in [2.05, 4.69) is 16.0 Å². The Bertz CT molecular complexity index is 1010. The number of urea groups is 1. The first-order chi connectivity index (χ1) is 15.3. The van der Waals surface area contributed by atoms with Crippen molar-refractivity contribution in [3.05, 3.63) is 60.2 Å². The van der Waals surface area contributed by atoms with Gasteiger partial charge in [0.05, 0.1) is 11.4 Å². The molecule has 0 radical (unpaired) electrons. The average Bonchev–Trinajstić information content (AvgIpc) is 2.76. The zero-order valence-electron chi connectivity index (χ0n) is 17.9. The van der Waals surface area contributed by atoms with Crippen molar-refractivity contribution < 1.29 is 24.3 Å². The van der Waals surface area contributed by atoms with Crippen LogP contribution in [0.4, 0.5) is 16.2 Å². The summed E-state index contributed by atoms with van der Waals surface area (Å²) in [6.07, 6.45) is 0.159. The molecule has 1 aliphatic rings. The summed E-state index contributed by atoms with van der Waals surface area (Å²) in [5.41, 5.74) is 1.81. The standard InChI is InChI=1S/C23H26N4O5/c1-14(2)20-22(31)25-16-10-6-7-11-18(16)27(20)23(32)26-17(21(30)24-13-19(28)29)12-15-8-4-3-5-9-15/h3-11,14,17,20H,12-13H2,1-2H3,(H,24,30)(H,25,31)(H,26,32)(H,28,29)/t17-,20+/m1/s1. The highest BCUT2D eigenvalue weighted by atomic mass is 16.4. The van der Waals surface area contributed by atoms with Gasteiger partial charge >= 0.3 is 12.0 Å². The van der Waals surface area contributed by atoms with Gasteiger partial charge in [0.25, 0.3) is 0 Å². The fraction of sp³-hybridized carbons (Fsp3) is 0.304. The molecule has 0 saturated carbocycles. The molecule has 4 N–H and O–H groups in total. The highest BCUT2D eigenvalue weighted by Crippen LogP contribution is 2.34. The molecule has 3 rings (SSSR count). The van der Waals surface area contributed by atoms with Crippen molar-refractivity contribution in [3.8, 4) is 0 Å². The molecular formula is C23H26N4O5. The van der Waals surface area contributed by atoms with Gasteiger partial charge in [0.2, 0.25) is 11.8 Å². The van der Waals surface area contributed by atoms with Crippen LogP contribution in [0.3, 0.4) is 0 Å². The zero-order valence-corrected chi connectivity index (χ0v) is 17.9. The normalized spacial score (nSPS) is 16.0. The SMILES string of the molecule is CC(C)[C@H]1C(=O)Nc2ccccc2N1C(=O)N[C@H](Cc1ccccc1)C(=O)NCC(=O)O. The highest BCUT2D eigenvalue weighted by molar-refractivity contribution is 6.12. The number of para-hydroxylation sites is 2. The largest absolute Gasteiger partial charge is 0.480 e. The fourth-order valence-electron chi connectivity index (χ4n) is 3.66. The Morgan fingerprint density at radius 2 is 1.72 bits per heavy atom. The number of rotatable bonds is 7.